The summed E-state index contributed by atoms with van der Waals surface area (Å²) in [6.45, 7) is 1.48. The highest BCUT2D eigenvalue weighted by Crippen LogP contribution is 2.24. The Labute approximate surface area is 122 Å². The van der Waals surface area contributed by atoms with Crippen molar-refractivity contribution in [2.75, 3.05) is 0 Å². The molecule has 1 aromatic rings. The predicted octanol–water partition coefficient (Wildman–Crippen LogP) is 2.65. The first-order valence-corrected chi connectivity index (χ1v) is 6.63. The number of aliphatic carboxylic acids is 1. The lowest BCUT2D eigenvalue weighted by Gasteiger charge is -2.03. The van der Waals surface area contributed by atoms with Gasteiger partial charge in [0.25, 0.3) is 0 Å². The predicted molar refractivity (Wildman–Crippen MR) is 74.7 cm³/mol. The smallest absolute Gasteiger partial charge is 0.335 e. The van der Waals surface area contributed by atoms with Crippen molar-refractivity contribution in [2.24, 2.45) is 5.92 Å². The molecule has 0 spiro atoms. The molecule has 6 heteroatoms. The van der Waals surface area contributed by atoms with E-state index in [4.69, 9.17) is 15.3 Å². The van der Waals surface area contributed by atoms with Crippen LogP contribution in [0.5, 0.6) is 0 Å². The fourth-order valence-corrected chi connectivity index (χ4v) is 2.27. The van der Waals surface area contributed by atoms with Crippen molar-refractivity contribution in [2.45, 2.75) is 32.6 Å². The molecule has 2 rings (SSSR count). The summed E-state index contributed by atoms with van der Waals surface area (Å²) < 4.78 is 0. The summed E-state index contributed by atoms with van der Waals surface area (Å²) in [6.07, 6.45) is 4.01. The molecule has 0 atom stereocenters. The summed E-state index contributed by atoms with van der Waals surface area (Å²) in [5.41, 5.74) is 0.335. The minimum absolute atomic E-state index is 0.0185. The number of aromatic carboxylic acids is 2. The second-order valence-corrected chi connectivity index (χ2v) is 4.91. The number of benzene rings is 1. The van der Waals surface area contributed by atoms with Crippen LogP contribution < -0.4 is 0 Å². The molecule has 3 N–H and O–H groups in total. The highest BCUT2D eigenvalue weighted by molar-refractivity contribution is 5.96. The largest absolute Gasteiger partial charge is 0.481 e. The normalized spacial score (nSPS) is 14.1. The Balaban J connectivity index is 0.000000235. The van der Waals surface area contributed by atoms with E-state index in [9.17, 15) is 14.4 Å². The lowest BCUT2D eigenvalue weighted by Crippen LogP contribution is -2.07. The van der Waals surface area contributed by atoms with Crippen LogP contribution >= 0.6 is 0 Å². The molecule has 0 amide bonds. The fourth-order valence-electron chi connectivity index (χ4n) is 2.27. The lowest BCUT2D eigenvalue weighted by molar-refractivity contribution is -0.141. The van der Waals surface area contributed by atoms with Gasteiger partial charge in [-0.05, 0) is 37.5 Å². The zero-order valence-electron chi connectivity index (χ0n) is 11.7. The van der Waals surface area contributed by atoms with Gasteiger partial charge in [-0.15, -0.1) is 0 Å². The van der Waals surface area contributed by atoms with Crippen molar-refractivity contribution < 1.29 is 29.7 Å². The van der Waals surface area contributed by atoms with E-state index in [2.05, 4.69) is 0 Å². The standard InChI is InChI=1S/C9H8O4.C6H10O2/c1-5-6(8(10)11)3-2-4-7(5)9(12)13;7-6(8)5-3-1-2-4-5/h2-4H,1H3,(H,10,11)(H,12,13);5H,1-4H2,(H,7,8). The van der Waals surface area contributed by atoms with Gasteiger partial charge in [0.15, 0.2) is 0 Å². The maximum atomic E-state index is 10.6. The molecule has 1 fully saturated rings. The van der Waals surface area contributed by atoms with Crippen LogP contribution in [-0.4, -0.2) is 33.2 Å². The first-order valence-electron chi connectivity index (χ1n) is 6.63. The molecule has 1 aromatic carbocycles. The van der Waals surface area contributed by atoms with Crippen LogP contribution in [-0.2, 0) is 4.79 Å². The summed E-state index contributed by atoms with van der Waals surface area (Å²) in [4.78, 5) is 31.4. The second-order valence-electron chi connectivity index (χ2n) is 4.91. The van der Waals surface area contributed by atoms with Gasteiger partial charge < -0.3 is 15.3 Å². The molecular formula is C15H18O6. The van der Waals surface area contributed by atoms with Gasteiger partial charge in [0, 0.05) is 0 Å². The van der Waals surface area contributed by atoms with Crippen molar-refractivity contribution in [3.05, 3.63) is 34.9 Å². The number of carbonyl (C=O) groups is 3. The highest BCUT2D eigenvalue weighted by atomic mass is 16.4. The first-order chi connectivity index (χ1) is 9.84. The maximum absolute atomic E-state index is 10.6. The highest BCUT2D eigenvalue weighted by Gasteiger charge is 2.21. The molecule has 0 aliphatic heterocycles. The van der Waals surface area contributed by atoms with Crippen molar-refractivity contribution in [1.29, 1.82) is 0 Å². The zero-order valence-corrected chi connectivity index (χ0v) is 11.7. The lowest BCUT2D eigenvalue weighted by atomic mass is 10.0. The van der Waals surface area contributed by atoms with Crippen molar-refractivity contribution in [1.82, 2.24) is 0 Å². The number of hydrogen-bond donors (Lipinski definition) is 3. The number of rotatable bonds is 3. The Morgan fingerprint density at radius 1 is 0.952 bits per heavy atom. The molecule has 0 bridgehead atoms. The number of carboxylic acids is 3. The minimum atomic E-state index is -1.11. The first kappa shape index (κ1) is 16.7. The summed E-state index contributed by atoms with van der Waals surface area (Å²) in [5, 5.41) is 25.8. The quantitative estimate of drug-likeness (QED) is 0.790. The van der Waals surface area contributed by atoms with Gasteiger partial charge >= 0.3 is 17.9 Å². The number of carboxylic acid groups (broad SMARTS) is 3. The minimum Gasteiger partial charge on any atom is -0.481 e. The van der Waals surface area contributed by atoms with Gasteiger partial charge in [-0.2, -0.15) is 0 Å². The molecule has 0 saturated heterocycles. The molecule has 1 aliphatic carbocycles. The molecule has 114 valence electrons. The van der Waals surface area contributed by atoms with Crippen molar-refractivity contribution in [3.63, 3.8) is 0 Å². The van der Waals surface area contributed by atoms with Gasteiger partial charge in [-0.3, -0.25) is 4.79 Å². The van der Waals surface area contributed by atoms with Crippen LogP contribution in [0.15, 0.2) is 18.2 Å². The summed E-state index contributed by atoms with van der Waals surface area (Å²) in [5.74, 6) is -2.85. The molecule has 0 radical (unpaired) electrons. The molecular weight excluding hydrogens is 276 g/mol. The molecule has 1 aliphatic rings. The van der Waals surface area contributed by atoms with Gasteiger partial charge in [-0.1, -0.05) is 18.9 Å². The maximum Gasteiger partial charge on any atom is 0.335 e. The van der Waals surface area contributed by atoms with Crippen molar-refractivity contribution in [3.8, 4) is 0 Å². The Hall–Kier alpha value is -2.37. The molecule has 1 saturated carbocycles. The van der Waals surface area contributed by atoms with Crippen LogP contribution in [0, 0.1) is 12.8 Å². The number of hydrogen-bond acceptors (Lipinski definition) is 3. The van der Waals surface area contributed by atoms with Crippen LogP contribution in [0.3, 0.4) is 0 Å². The van der Waals surface area contributed by atoms with E-state index < -0.39 is 17.9 Å². The molecule has 21 heavy (non-hydrogen) atoms. The van der Waals surface area contributed by atoms with Gasteiger partial charge in [0.1, 0.15) is 0 Å². The van der Waals surface area contributed by atoms with Gasteiger partial charge in [0.05, 0.1) is 17.0 Å². The average molecular weight is 294 g/mol. The summed E-state index contributed by atoms with van der Waals surface area (Å²) in [7, 11) is 0. The van der Waals surface area contributed by atoms with E-state index in [-0.39, 0.29) is 22.6 Å². The fraction of sp³-hybridized carbons (Fsp3) is 0.400. The Kier molecular flexibility index (Phi) is 5.90. The van der Waals surface area contributed by atoms with Crippen molar-refractivity contribution >= 4 is 17.9 Å². The Morgan fingerprint density at radius 3 is 1.67 bits per heavy atom. The van der Waals surface area contributed by atoms with E-state index in [1.807, 2.05) is 0 Å². The molecule has 0 unspecified atom stereocenters. The van der Waals surface area contributed by atoms with Gasteiger partial charge in [-0.25, -0.2) is 9.59 Å². The van der Waals surface area contributed by atoms with E-state index in [1.165, 1.54) is 25.1 Å². The average Bonchev–Trinajstić information content (AvgIpc) is 2.93. The summed E-state index contributed by atoms with van der Waals surface area (Å²) >= 11 is 0. The Bertz CT molecular complexity index is 511. The van der Waals surface area contributed by atoms with E-state index in [1.54, 1.807) is 0 Å². The SMILES string of the molecule is Cc1c(C(=O)O)cccc1C(=O)O.O=C(O)C1CCCC1. The summed E-state index contributed by atoms with van der Waals surface area (Å²) in [6, 6.07) is 4.17. The van der Waals surface area contributed by atoms with Crippen LogP contribution in [0.1, 0.15) is 52.0 Å². The monoisotopic (exact) mass is 294 g/mol. The molecule has 0 heterocycles. The van der Waals surface area contributed by atoms with E-state index in [0.717, 1.165) is 25.7 Å². The topological polar surface area (TPSA) is 112 Å². The third-order valence-corrected chi connectivity index (χ3v) is 3.50. The zero-order chi connectivity index (χ0) is 16.0. The van der Waals surface area contributed by atoms with Crippen LogP contribution in [0.25, 0.3) is 0 Å². The van der Waals surface area contributed by atoms with Gasteiger partial charge in [0.2, 0.25) is 0 Å². The molecule has 6 nitrogen and oxygen atoms in total. The third kappa shape index (κ3) is 4.59. The Morgan fingerprint density at radius 2 is 1.38 bits per heavy atom. The van der Waals surface area contributed by atoms with Crippen LogP contribution in [0.4, 0.5) is 0 Å². The van der Waals surface area contributed by atoms with E-state index >= 15 is 0 Å². The second kappa shape index (κ2) is 7.42. The molecule has 0 aromatic heterocycles. The third-order valence-electron chi connectivity index (χ3n) is 3.50. The van der Waals surface area contributed by atoms with Crippen LogP contribution in [0.2, 0.25) is 0 Å². The van der Waals surface area contributed by atoms with E-state index in [0.29, 0.717) is 0 Å².